The lowest BCUT2D eigenvalue weighted by Crippen LogP contribution is -2.42. The zero-order valence-electron chi connectivity index (χ0n) is 12.7. The fourth-order valence-electron chi connectivity index (χ4n) is 3.04. The number of pyridine rings is 1. The van der Waals surface area contributed by atoms with Gasteiger partial charge in [-0.2, -0.15) is 26.3 Å². The van der Waals surface area contributed by atoms with Gasteiger partial charge in [0.2, 0.25) is 0 Å². The van der Waals surface area contributed by atoms with E-state index in [1.807, 2.05) is 0 Å². The van der Waals surface area contributed by atoms with Crippen molar-refractivity contribution < 1.29 is 31.1 Å². The first-order valence-electron chi connectivity index (χ1n) is 7.49. The van der Waals surface area contributed by atoms with Gasteiger partial charge in [-0.15, -0.1) is 0 Å². The maximum atomic E-state index is 12.9. The number of amides is 1. The predicted octanol–water partition coefficient (Wildman–Crippen LogP) is 3.81. The minimum Gasteiger partial charge on any atom is -0.349 e. The van der Waals surface area contributed by atoms with E-state index in [4.69, 9.17) is 0 Å². The van der Waals surface area contributed by atoms with E-state index >= 15 is 0 Å². The van der Waals surface area contributed by atoms with Crippen LogP contribution in [0, 0.1) is 5.92 Å². The molecule has 2 heterocycles. The smallest absolute Gasteiger partial charge is 0.349 e. The van der Waals surface area contributed by atoms with Gasteiger partial charge in [-0.3, -0.25) is 4.79 Å². The summed E-state index contributed by atoms with van der Waals surface area (Å²) < 4.78 is 77.7. The van der Waals surface area contributed by atoms with Crippen molar-refractivity contribution in [1.82, 2.24) is 14.7 Å². The average Bonchev–Trinajstić information content (AvgIpc) is 3.11. The van der Waals surface area contributed by atoms with Gasteiger partial charge in [-0.05, 0) is 25.0 Å². The second kappa shape index (κ2) is 5.92. The van der Waals surface area contributed by atoms with E-state index in [1.165, 1.54) is 12.1 Å². The van der Waals surface area contributed by atoms with E-state index in [0.29, 0.717) is 6.42 Å². The average molecular weight is 365 g/mol. The van der Waals surface area contributed by atoms with Crippen molar-refractivity contribution >= 4 is 11.6 Å². The zero-order chi connectivity index (χ0) is 18.4. The van der Waals surface area contributed by atoms with Crippen LogP contribution in [0.2, 0.25) is 0 Å². The number of carbonyl (C=O) groups is 1. The van der Waals surface area contributed by atoms with Crippen molar-refractivity contribution in [3.05, 3.63) is 35.8 Å². The molecule has 2 aromatic rings. The molecule has 1 aliphatic rings. The molecule has 1 N–H and O–H groups in total. The van der Waals surface area contributed by atoms with Gasteiger partial charge in [0.15, 0.2) is 5.69 Å². The molecule has 0 saturated heterocycles. The number of imidazole rings is 1. The highest BCUT2D eigenvalue weighted by Gasteiger charge is 2.47. The molecule has 0 spiro atoms. The first-order valence-corrected chi connectivity index (χ1v) is 7.49. The van der Waals surface area contributed by atoms with Crippen LogP contribution in [0.25, 0.3) is 5.65 Å². The summed E-state index contributed by atoms with van der Waals surface area (Å²) in [5.74, 6) is -2.37. The van der Waals surface area contributed by atoms with Crippen LogP contribution < -0.4 is 5.32 Å². The lowest BCUT2D eigenvalue weighted by atomic mass is 10.0. The Balaban J connectivity index is 1.80. The zero-order valence-corrected chi connectivity index (χ0v) is 12.7. The molecule has 2 aromatic heterocycles. The van der Waals surface area contributed by atoms with Crippen molar-refractivity contribution in [2.45, 2.75) is 37.7 Å². The van der Waals surface area contributed by atoms with Crippen molar-refractivity contribution in [3.8, 4) is 0 Å². The van der Waals surface area contributed by atoms with E-state index < -0.39 is 35.9 Å². The monoisotopic (exact) mass is 365 g/mol. The number of alkyl halides is 6. The Kier molecular flexibility index (Phi) is 4.16. The Morgan fingerprint density at radius 1 is 1.12 bits per heavy atom. The third-order valence-corrected chi connectivity index (χ3v) is 4.26. The normalized spacial score (nSPS) is 21.7. The number of halogens is 6. The van der Waals surface area contributed by atoms with Gasteiger partial charge in [0.1, 0.15) is 5.65 Å². The second-order valence-electron chi connectivity index (χ2n) is 5.97. The molecular weight excluding hydrogens is 352 g/mol. The van der Waals surface area contributed by atoms with E-state index in [0.717, 1.165) is 16.8 Å². The predicted molar refractivity (Wildman–Crippen MR) is 74.8 cm³/mol. The molecule has 1 amide bonds. The first kappa shape index (κ1) is 17.6. The number of fused-ring (bicyclic) bond motifs is 1. The fraction of sp³-hybridized carbons (Fsp3) is 0.467. The standard InChI is InChI=1S/C15H13F6N3O/c16-14(17,18)9-2-1-3-10(9)22-13(25)8-4-5-12-23-11(15(19,20)21)7-24(12)6-8/h4-7,9-10H,1-3H2,(H,22,25)/t9-,10+/m1/s1. The number of hydrogen-bond donors (Lipinski definition) is 1. The fourth-order valence-corrected chi connectivity index (χ4v) is 3.04. The van der Waals surface area contributed by atoms with Gasteiger partial charge < -0.3 is 9.72 Å². The minimum absolute atomic E-state index is 0.0158. The van der Waals surface area contributed by atoms with Crippen molar-refractivity contribution in [2.24, 2.45) is 5.92 Å². The quantitative estimate of drug-likeness (QED) is 0.823. The van der Waals surface area contributed by atoms with E-state index in [9.17, 15) is 31.1 Å². The first-order chi connectivity index (χ1) is 11.6. The highest BCUT2D eigenvalue weighted by atomic mass is 19.4. The van der Waals surface area contributed by atoms with Crippen LogP contribution in [-0.2, 0) is 6.18 Å². The minimum atomic E-state index is -4.63. The number of nitrogens with one attached hydrogen (secondary N) is 1. The Morgan fingerprint density at radius 3 is 2.48 bits per heavy atom. The largest absolute Gasteiger partial charge is 0.434 e. The summed E-state index contributed by atoms with van der Waals surface area (Å²) in [4.78, 5) is 15.6. The molecule has 3 rings (SSSR count). The van der Waals surface area contributed by atoms with Crippen LogP contribution in [0.1, 0.15) is 35.3 Å². The highest BCUT2D eigenvalue weighted by Crippen LogP contribution is 2.39. The molecule has 0 bridgehead atoms. The van der Waals surface area contributed by atoms with Crippen LogP contribution in [0.15, 0.2) is 24.5 Å². The number of rotatable bonds is 2. The van der Waals surface area contributed by atoms with Crippen LogP contribution in [0.4, 0.5) is 26.3 Å². The Morgan fingerprint density at radius 2 is 1.84 bits per heavy atom. The maximum Gasteiger partial charge on any atom is 0.434 e. The number of nitrogens with zero attached hydrogens (tertiary/aromatic N) is 2. The molecule has 2 atom stereocenters. The summed E-state index contributed by atoms with van der Waals surface area (Å²) in [5, 5.41) is 2.34. The summed E-state index contributed by atoms with van der Waals surface area (Å²) >= 11 is 0. The third kappa shape index (κ3) is 3.57. The molecule has 25 heavy (non-hydrogen) atoms. The van der Waals surface area contributed by atoms with Crippen molar-refractivity contribution in [2.75, 3.05) is 0 Å². The van der Waals surface area contributed by atoms with Crippen LogP contribution in [0.3, 0.4) is 0 Å². The SMILES string of the molecule is O=C(N[C@H]1CCC[C@H]1C(F)(F)F)c1ccc2nc(C(F)(F)F)cn2c1. The molecular formula is C15H13F6N3O. The van der Waals surface area contributed by atoms with Crippen LogP contribution >= 0.6 is 0 Å². The van der Waals surface area contributed by atoms with Gasteiger partial charge in [0.25, 0.3) is 5.91 Å². The molecule has 0 unspecified atom stereocenters. The number of hydrogen-bond acceptors (Lipinski definition) is 2. The van der Waals surface area contributed by atoms with Gasteiger partial charge >= 0.3 is 12.4 Å². The molecule has 1 saturated carbocycles. The Labute approximate surface area is 137 Å². The molecule has 0 aromatic carbocycles. The molecule has 4 nitrogen and oxygen atoms in total. The Bertz CT molecular complexity index is 795. The van der Waals surface area contributed by atoms with Crippen LogP contribution in [-0.4, -0.2) is 27.5 Å². The van der Waals surface area contributed by atoms with Crippen molar-refractivity contribution in [3.63, 3.8) is 0 Å². The lowest BCUT2D eigenvalue weighted by molar-refractivity contribution is -0.177. The maximum absolute atomic E-state index is 12.9. The third-order valence-electron chi connectivity index (χ3n) is 4.26. The molecule has 0 radical (unpaired) electrons. The van der Waals surface area contributed by atoms with Gasteiger partial charge in [0.05, 0.1) is 11.5 Å². The van der Waals surface area contributed by atoms with E-state index in [2.05, 4.69) is 10.3 Å². The van der Waals surface area contributed by atoms with E-state index in [-0.39, 0.29) is 24.1 Å². The summed E-state index contributed by atoms with van der Waals surface area (Å²) in [5.41, 5.74) is -1.16. The Hall–Kier alpha value is -2.26. The molecule has 1 aliphatic carbocycles. The van der Waals surface area contributed by atoms with E-state index in [1.54, 1.807) is 0 Å². The lowest BCUT2D eigenvalue weighted by Gasteiger charge is -2.23. The number of carbonyl (C=O) groups excluding carboxylic acids is 1. The van der Waals surface area contributed by atoms with Crippen molar-refractivity contribution in [1.29, 1.82) is 0 Å². The van der Waals surface area contributed by atoms with Gasteiger partial charge in [0, 0.05) is 18.4 Å². The summed E-state index contributed by atoms with van der Waals surface area (Å²) in [6.45, 7) is 0. The molecule has 0 aliphatic heterocycles. The molecule has 136 valence electrons. The summed E-state index contributed by atoms with van der Waals surface area (Å²) in [6.07, 6.45) is -6.68. The second-order valence-corrected chi connectivity index (χ2v) is 5.97. The summed E-state index contributed by atoms with van der Waals surface area (Å²) in [6, 6.07) is 1.41. The highest BCUT2D eigenvalue weighted by molar-refractivity contribution is 5.94. The van der Waals surface area contributed by atoms with Gasteiger partial charge in [-0.1, -0.05) is 6.42 Å². The molecule has 10 heteroatoms. The van der Waals surface area contributed by atoms with Gasteiger partial charge in [-0.25, -0.2) is 4.98 Å². The summed E-state index contributed by atoms with van der Waals surface area (Å²) in [7, 11) is 0. The molecule has 1 fully saturated rings. The number of aromatic nitrogens is 2. The topological polar surface area (TPSA) is 46.4 Å². The van der Waals surface area contributed by atoms with Crippen LogP contribution in [0.5, 0.6) is 0 Å².